The molecule has 0 spiro atoms. The second-order valence-corrected chi connectivity index (χ2v) is 7.50. The Morgan fingerprint density at radius 3 is 2.84 bits per heavy atom. The molecule has 1 atom stereocenters. The molecule has 1 saturated heterocycles. The van der Waals surface area contributed by atoms with Crippen molar-refractivity contribution in [2.45, 2.75) is 31.6 Å². The van der Waals surface area contributed by atoms with Gasteiger partial charge in [-0.1, -0.05) is 17.4 Å². The smallest absolute Gasteiger partial charge is 0.226 e. The number of nitrogens with one attached hydrogen (secondary N) is 1. The third-order valence-corrected chi connectivity index (χ3v) is 6.07. The predicted octanol–water partition coefficient (Wildman–Crippen LogP) is 3.32. The summed E-state index contributed by atoms with van der Waals surface area (Å²) in [5, 5.41) is 14.0. The van der Waals surface area contributed by atoms with Crippen molar-refractivity contribution in [1.29, 1.82) is 0 Å². The molecule has 4 rings (SSSR count). The van der Waals surface area contributed by atoms with E-state index >= 15 is 0 Å². The number of phenols is 1. The van der Waals surface area contributed by atoms with Crippen LogP contribution in [0.3, 0.4) is 0 Å². The number of benzene rings is 1. The SMILES string of the molecule is COc1ccc([C@@H]2CC(=O)Nc3nc(N4CCCCC4)sc32)cc1O. The molecular formula is C18H21N3O3S. The quantitative estimate of drug-likeness (QED) is 0.879. The molecule has 0 saturated carbocycles. The van der Waals surface area contributed by atoms with Crippen LogP contribution in [0.2, 0.25) is 0 Å². The fourth-order valence-electron chi connectivity index (χ4n) is 3.52. The van der Waals surface area contributed by atoms with Crippen molar-refractivity contribution in [1.82, 2.24) is 4.98 Å². The number of carbonyl (C=O) groups is 1. The highest BCUT2D eigenvalue weighted by Crippen LogP contribution is 2.44. The van der Waals surface area contributed by atoms with E-state index in [2.05, 4.69) is 15.2 Å². The minimum Gasteiger partial charge on any atom is -0.504 e. The van der Waals surface area contributed by atoms with Gasteiger partial charge in [0.05, 0.1) is 12.0 Å². The van der Waals surface area contributed by atoms with E-state index in [4.69, 9.17) is 4.74 Å². The maximum absolute atomic E-state index is 12.2. The number of ether oxygens (including phenoxy) is 1. The molecule has 1 aromatic carbocycles. The van der Waals surface area contributed by atoms with E-state index in [1.54, 1.807) is 23.5 Å². The summed E-state index contributed by atoms with van der Waals surface area (Å²) in [6, 6.07) is 5.33. The number of anilines is 2. The molecule has 7 heteroatoms. The summed E-state index contributed by atoms with van der Waals surface area (Å²) in [5.41, 5.74) is 0.906. The maximum atomic E-state index is 12.2. The largest absolute Gasteiger partial charge is 0.504 e. The number of aromatic nitrogens is 1. The zero-order chi connectivity index (χ0) is 17.4. The summed E-state index contributed by atoms with van der Waals surface area (Å²) in [6.45, 7) is 2.04. The Labute approximate surface area is 150 Å². The van der Waals surface area contributed by atoms with E-state index < -0.39 is 0 Å². The molecular weight excluding hydrogens is 338 g/mol. The van der Waals surface area contributed by atoms with Crippen LogP contribution >= 0.6 is 11.3 Å². The number of aromatic hydroxyl groups is 1. The van der Waals surface area contributed by atoms with Crippen molar-refractivity contribution >= 4 is 28.2 Å². The average Bonchev–Trinajstić information content (AvgIpc) is 3.05. The fourth-order valence-corrected chi connectivity index (χ4v) is 4.72. The van der Waals surface area contributed by atoms with Gasteiger partial charge in [-0.25, -0.2) is 4.98 Å². The number of rotatable bonds is 3. The van der Waals surface area contributed by atoms with Crippen molar-refractivity contribution in [2.24, 2.45) is 0 Å². The highest BCUT2D eigenvalue weighted by atomic mass is 32.1. The Bertz CT molecular complexity index is 799. The first-order valence-electron chi connectivity index (χ1n) is 8.58. The molecule has 132 valence electrons. The van der Waals surface area contributed by atoms with E-state index in [-0.39, 0.29) is 17.6 Å². The van der Waals surface area contributed by atoms with E-state index in [1.807, 2.05) is 6.07 Å². The van der Waals surface area contributed by atoms with Crippen LogP contribution in [0.1, 0.15) is 42.0 Å². The summed E-state index contributed by atoms with van der Waals surface area (Å²) in [5.74, 6) is 1.07. The van der Waals surface area contributed by atoms with Gasteiger partial charge in [0.15, 0.2) is 16.6 Å². The lowest BCUT2D eigenvalue weighted by Gasteiger charge is -2.25. The summed E-state index contributed by atoms with van der Waals surface area (Å²) in [6.07, 6.45) is 4.01. The Hall–Kier alpha value is -2.28. The van der Waals surface area contributed by atoms with Gasteiger partial charge in [0.2, 0.25) is 5.91 Å². The number of hydrogen-bond acceptors (Lipinski definition) is 6. The summed E-state index contributed by atoms with van der Waals surface area (Å²) in [7, 11) is 1.52. The van der Waals surface area contributed by atoms with Gasteiger partial charge in [-0.05, 0) is 37.0 Å². The Morgan fingerprint density at radius 2 is 2.12 bits per heavy atom. The lowest BCUT2D eigenvalue weighted by molar-refractivity contribution is -0.116. The molecule has 0 bridgehead atoms. The van der Waals surface area contributed by atoms with E-state index in [1.165, 1.54) is 26.4 Å². The van der Waals surface area contributed by atoms with Crippen LogP contribution in [0.5, 0.6) is 11.5 Å². The van der Waals surface area contributed by atoms with Crippen molar-refractivity contribution in [2.75, 3.05) is 30.4 Å². The molecule has 1 amide bonds. The third kappa shape index (κ3) is 3.04. The highest BCUT2D eigenvalue weighted by Gasteiger charge is 2.32. The molecule has 2 aliphatic heterocycles. The second-order valence-electron chi connectivity index (χ2n) is 6.49. The van der Waals surface area contributed by atoms with Gasteiger partial charge in [-0.3, -0.25) is 4.79 Å². The Kier molecular flexibility index (Phi) is 4.25. The molecule has 0 aliphatic carbocycles. The first-order chi connectivity index (χ1) is 12.2. The van der Waals surface area contributed by atoms with Crippen molar-refractivity contribution in [3.63, 3.8) is 0 Å². The van der Waals surface area contributed by atoms with Crippen molar-refractivity contribution in [3.05, 3.63) is 28.6 Å². The average molecular weight is 359 g/mol. The van der Waals surface area contributed by atoms with Gasteiger partial charge in [0.25, 0.3) is 0 Å². The zero-order valence-electron chi connectivity index (χ0n) is 14.1. The van der Waals surface area contributed by atoms with Crippen LogP contribution in [-0.4, -0.2) is 36.2 Å². The van der Waals surface area contributed by atoms with E-state index in [0.29, 0.717) is 18.0 Å². The first-order valence-corrected chi connectivity index (χ1v) is 9.40. The van der Waals surface area contributed by atoms with Gasteiger partial charge in [-0.15, -0.1) is 0 Å². The lowest BCUT2D eigenvalue weighted by atomic mass is 9.91. The summed E-state index contributed by atoms with van der Waals surface area (Å²) in [4.78, 5) is 20.2. The summed E-state index contributed by atoms with van der Waals surface area (Å²) < 4.78 is 5.12. The predicted molar refractivity (Wildman–Crippen MR) is 97.9 cm³/mol. The molecule has 0 radical (unpaired) electrons. The van der Waals surface area contributed by atoms with E-state index in [9.17, 15) is 9.90 Å². The fraction of sp³-hybridized carbons (Fsp3) is 0.444. The second kappa shape index (κ2) is 6.55. The van der Waals surface area contributed by atoms with Crippen molar-refractivity contribution < 1.29 is 14.6 Å². The number of nitrogens with zero attached hydrogens (tertiary/aromatic N) is 2. The van der Waals surface area contributed by atoms with Gasteiger partial charge in [-0.2, -0.15) is 0 Å². The topological polar surface area (TPSA) is 74.7 Å². The minimum atomic E-state index is -0.0865. The number of thiazole rings is 1. The van der Waals surface area contributed by atoms with Crippen LogP contribution < -0.4 is 15.0 Å². The monoisotopic (exact) mass is 359 g/mol. The number of piperidine rings is 1. The normalized spacial score (nSPS) is 20.1. The van der Waals surface area contributed by atoms with Crippen LogP contribution in [0.25, 0.3) is 0 Å². The standard InChI is InChI=1S/C18H21N3O3S/c1-24-14-6-5-11(9-13(14)22)12-10-15(23)19-17-16(12)25-18(20-17)21-7-3-2-4-8-21/h5-6,9,12,22H,2-4,7-8,10H2,1H3,(H,19,23)/t12-/m0/s1. The van der Waals surface area contributed by atoms with Crippen LogP contribution in [0.4, 0.5) is 10.9 Å². The molecule has 1 aromatic heterocycles. The summed E-state index contributed by atoms with van der Waals surface area (Å²) >= 11 is 1.65. The van der Waals surface area contributed by atoms with Crippen LogP contribution in [0.15, 0.2) is 18.2 Å². The number of methoxy groups -OCH3 is 1. The Balaban J connectivity index is 1.70. The van der Waals surface area contributed by atoms with Gasteiger partial charge >= 0.3 is 0 Å². The van der Waals surface area contributed by atoms with Gasteiger partial charge in [0, 0.05) is 25.4 Å². The number of carbonyl (C=O) groups excluding carboxylic acids is 1. The number of fused-ring (bicyclic) bond motifs is 1. The van der Waals surface area contributed by atoms with Gasteiger partial charge < -0.3 is 20.1 Å². The molecule has 3 heterocycles. The zero-order valence-corrected chi connectivity index (χ0v) is 14.9. The maximum Gasteiger partial charge on any atom is 0.226 e. The van der Waals surface area contributed by atoms with E-state index in [0.717, 1.165) is 28.7 Å². The highest BCUT2D eigenvalue weighted by molar-refractivity contribution is 7.16. The van der Waals surface area contributed by atoms with Crippen LogP contribution in [0, 0.1) is 0 Å². The first kappa shape index (κ1) is 16.2. The molecule has 0 unspecified atom stereocenters. The van der Waals surface area contributed by atoms with Crippen LogP contribution in [-0.2, 0) is 4.79 Å². The Morgan fingerprint density at radius 1 is 1.32 bits per heavy atom. The molecule has 25 heavy (non-hydrogen) atoms. The number of hydrogen-bond donors (Lipinski definition) is 2. The molecule has 2 N–H and O–H groups in total. The molecule has 2 aliphatic rings. The molecule has 1 fully saturated rings. The minimum absolute atomic E-state index is 0.0386. The number of amides is 1. The third-order valence-electron chi connectivity index (χ3n) is 4.84. The van der Waals surface area contributed by atoms with Gasteiger partial charge in [0.1, 0.15) is 5.82 Å². The number of phenolic OH excluding ortho intramolecular Hbond substituents is 1. The molecule has 6 nitrogen and oxygen atoms in total. The lowest BCUT2D eigenvalue weighted by Crippen LogP contribution is -2.29. The molecule has 2 aromatic rings. The van der Waals surface area contributed by atoms with Crippen molar-refractivity contribution in [3.8, 4) is 11.5 Å².